The lowest BCUT2D eigenvalue weighted by Gasteiger charge is -2.36. The van der Waals surface area contributed by atoms with Crippen molar-refractivity contribution < 1.29 is 4.79 Å². The van der Waals surface area contributed by atoms with Crippen LogP contribution in [0, 0.1) is 6.92 Å². The summed E-state index contributed by atoms with van der Waals surface area (Å²) in [5.41, 5.74) is 3.43. The number of carbonyl (C=O) groups is 1. The number of benzene rings is 1. The molecule has 2 aliphatic rings. The molecule has 3 aromatic rings. The van der Waals surface area contributed by atoms with Gasteiger partial charge in [-0.05, 0) is 45.5 Å². The van der Waals surface area contributed by atoms with Crippen molar-refractivity contribution >= 4 is 34.5 Å². The van der Waals surface area contributed by atoms with E-state index in [0.29, 0.717) is 28.8 Å². The van der Waals surface area contributed by atoms with E-state index in [4.69, 9.17) is 0 Å². The number of hydrogen-bond donors (Lipinski definition) is 0. The molecule has 0 radical (unpaired) electrons. The first-order valence-electron chi connectivity index (χ1n) is 11.6. The summed E-state index contributed by atoms with van der Waals surface area (Å²) < 4.78 is 4.28. The Hall–Kier alpha value is -2.85. The van der Waals surface area contributed by atoms with E-state index in [1.165, 1.54) is 34.5 Å². The Morgan fingerprint density at radius 3 is 2.68 bits per heavy atom. The van der Waals surface area contributed by atoms with Crippen molar-refractivity contribution in [2.45, 2.75) is 43.9 Å². The summed E-state index contributed by atoms with van der Waals surface area (Å²) in [7, 11) is 5.22. The van der Waals surface area contributed by atoms with Crippen molar-refractivity contribution in [3.63, 3.8) is 0 Å². The minimum Gasteiger partial charge on any atom is -0.313 e. The largest absolute Gasteiger partial charge is 0.332 e. The topological polar surface area (TPSA) is 85.4 Å². The molecule has 180 valence electrons. The molecule has 0 saturated carbocycles. The molecule has 0 aliphatic carbocycles. The molecular formula is C24H30N6O3S. The van der Waals surface area contributed by atoms with Crippen molar-refractivity contribution in [2.24, 2.45) is 14.1 Å². The van der Waals surface area contributed by atoms with E-state index < -0.39 is 5.69 Å². The van der Waals surface area contributed by atoms with Crippen molar-refractivity contribution in [3.8, 4) is 0 Å². The molecule has 1 amide bonds. The highest BCUT2D eigenvalue weighted by atomic mass is 32.2. The van der Waals surface area contributed by atoms with E-state index in [1.807, 2.05) is 11.8 Å². The highest BCUT2D eigenvalue weighted by Gasteiger charge is 2.43. The van der Waals surface area contributed by atoms with E-state index in [-0.39, 0.29) is 23.3 Å². The maximum absolute atomic E-state index is 13.6. The molecule has 0 N–H and O–H groups in total. The van der Waals surface area contributed by atoms with Crippen LogP contribution in [-0.2, 0) is 25.4 Å². The van der Waals surface area contributed by atoms with Crippen molar-refractivity contribution in [3.05, 3.63) is 50.2 Å². The van der Waals surface area contributed by atoms with Crippen LogP contribution >= 0.6 is 11.8 Å². The molecule has 0 bridgehead atoms. The zero-order valence-electron chi connectivity index (χ0n) is 20.2. The van der Waals surface area contributed by atoms with Gasteiger partial charge >= 0.3 is 5.69 Å². The molecule has 2 aromatic heterocycles. The second kappa shape index (κ2) is 8.42. The number of piperidine rings is 1. The molecule has 34 heavy (non-hydrogen) atoms. The number of carbonyl (C=O) groups excluding carboxylic acids is 1. The maximum atomic E-state index is 13.6. The van der Waals surface area contributed by atoms with E-state index in [9.17, 15) is 14.4 Å². The predicted octanol–water partition coefficient (Wildman–Crippen LogP) is 1.69. The van der Waals surface area contributed by atoms with E-state index in [0.717, 1.165) is 29.8 Å². The van der Waals surface area contributed by atoms with Crippen LogP contribution in [-0.4, -0.2) is 61.4 Å². The van der Waals surface area contributed by atoms with Gasteiger partial charge in [-0.3, -0.25) is 18.7 Å². The number of anilines is 1. The zero-order chi connectivity index (χ0) is 24.3. The molecule has 0 spiro atoms. The maximum Gasteiger partial charge on any atom is 0.332 e. The van der Waals surface area contributed by atoms with Crippen LogP contribution in [0.3, 0.4) is 0 Å². The van der Waals surface area contributed by atoms with E-state index in [1.54, 1.807) is 11.6 Å². The molecule has 1 fully saturated rings. The van der Waals surface area contributed by atoms with Crippen LogP contribution in [0.25, 0.3) is 11.2 Å². The third-order valence-electron chi connectivity index (χ3n) is 7.18. The third kappa shape index (κ3) is 3.42. The molecular weight excluding hydrogens is 452 g/mol. The fourth-order valence-electron chi connectivity index (χ4n) is 5.43. The molecule has 5 rings (SSSR count). The minimum atomic E-state index is -0.414. The lowest BCUT2D eigenvalue weighted by atomic mass is 9.89. The Morgan fingerprint density at radius 1 is 1.18 bits per heavy atom. The molecule has 9 nitrogen and oxygen atoms in total. The number of amides is 1. The zero-order valence-corrected chi connectivity index (χ0v) is 21.1. The van der Waals surface area contributed by atoms with Crippen molar-refractivity contribution in [1.82, 2.24) is 23.6 Å². The predicted molar refractivity (Wildman–Crippen MR) is 134 cm³/mol. The SMILES string of the molecule is CCn1c(SCC(=O)N2c3ccc(C)cc3[C@H]3CN(C)CC[C@H]32)nc2c1c(=O)n(C)c(=O)n2C. The van der Waals surface area contributed by atoms with Gasteiger partial charge in [-0.15, -0.1) is 0 Å². The normalized spacial score (nSPS) is 20.1. The van der Waals surface area contributed by atoms with Gasteiger partial charge in [0.2, 0.25) is 5.91 Å². The number of rotatable bonds is 4. The second-order valence-electron chi connectivity index (χ2n) is 9.36. The summed E-state index contributed by atoms with van der Waals surface area (Å²) in [6.45, 7) is 6.45. The Balaban J connectivity index is 1.47. The number of aromatic nitrogens is 4. The fourth-order valence-corrected chi connectivity index (χ4v) is 6.35. The number of hydrogen-bond acceptors (Lipinski definition) is 6. The van der Waals surface area contributed by atoms with Gasteiger partial charge in [-0.25, -0.2) is 9.78 Å². The molecule has 1 aromatic carbocycles. The number of nitrogens with zero attached hydrogens (tertiary/aromatic N) is 6. The molecule has 0 unspecified atom stereocenters. The van der Waals surface area contributed by atoms with Crippen LogP contribution in [0.1, 0.15) is 30.4 Å². The van der Waals surface area contributed by atoms with Crippen molar-refractivity contribution in [2.75, 3.05) is 30.8 Å². The first-order chi connectivity index (χ1) is 16.2. The summed E-state index contributed by atoms with van der Waals surface area (Å²) >= 11 is 1.33. The number of likely N-dealkylation sites (tertiary alicyclic amines) is 1. The Bertz CT molecular complexity index is 1420. The first-order valence-corrected chi connectivity index (χ1v) is 12.6. The minimum absolute atomic E-state index is 0.0451. The lowest BCUT2D eigenvalue weighted by molar-refractivity contribution is -0.116. The quantitative estimate of drug-likeness (QED) is 0.526. The number of thioether (sulfide) groups is 1. The molecule has 4 heterocycles. The summed E-state index contributed by atoms with van der Waals surface area (Å²) in [6, 6.07) is 6.53. The third-order valence-corrected chi connectivity index (χ3v) is 8.14. The summed E-state index contributed by atoms with van der Waals surface area (Å²) in [5.74, 6) is 0.577. The lowest BCUT2D eigenvalue weighted by Crippen LogP contribution is -2.47. The van der Waals surface area contributed by atoms with Crippen LogP contribution in [0.4, 0.5) is 5.69 Å². The van der Waals surface area contributed by atoms with Gasteiger partial charge in [-0.1, -0.05) is 29.5 Å². The van der Waals surface area contributed by atoms with E-state index >= 15 is 0 Å². The van der Waals surface area contributed by atoms with Gasteiger partial charge in [0, 0.05) is 44.8 Å². The summed E-state index contributed by atoms with van der Waals surface area (Å²) in [4.78, 5) is 47.7. The molecule has 1 saturated heterocycles. The average Bonchev–Trinajstić information content (AvgIpc) is 3.35. The highest BCUT2D eigenvalue weighted by molar-refractivity contribution is 7.99. The van der Waals surface area contributed by atoms with Crippen LogP contribution in [0.15, 0.2) is 32.9 Å². The van der Waals surface area contributed by atoms with Crippen molar-refractivity contribution in [1.29, 1.82) is 0 Å². The second-order valence-corrected chi connectivity index (χ2v) is 10.3. The molecule has 2 aliphatic heterocycles. The Labute approximate surface area is 202 Å². The number of fused-ring (bicyclic) bond motifs is 4. The van der Waals surface area contributed by atoms with Crippen LogP contribution in [0.2, 0.25) is 0 Å². The van der Waals surface area contributed by atoms with Gasteiger partial charge in [0.25, 0.3) is 5.56 Å². The van der Waals surface area contributed by atoms with Gasteiger partial charge in [0.1, 0.15) is 0 Å². The standard InChI is InChI=1S/C24H30N6O3S/c1-6-29-20-21(27(4)24(33)28(5)22(20)32)25-23(29)34-13-19(31)30-17-8-7-14(2)11-15(17)16-12-26(3)10-9-18(16)30/h7-8,11,16,18H,6,9-10,12-13H2,1-5H3/t16-,18-/m1/s1. The van der Waals surface area contributed by atoms with Gasteiger partial charge in [-0.2, -0.15) is 0 Å². The van der Waals surface area contributed by atoms with Crippen LogP contribution in [0.5, 0.6) is 0 Å². The average molecular weight is 483 g/mol. The van der Waals surface area contributed by atoms with Gasteiger partial charge in [0.05, 0.1) is 5.75 Å². The first kappa shape index (κ1) is 22.9. The fraction of sp³-hybridized carbons (Fsp3) is 0.500. The summed E-state index contributed by atoms with van der Waals surface area (Å²) in [5, 5.41) is 0.576. The number of imidazole rings is 1. The smallest absolute Gasteiger partial charge is 0.313 e. The number of likely N-dealkylation sites (N-methyl/N-ethyl adjacent to an activating group) is 1. The molecule has 10 heteroatoms. The summed E-state index contributed by atoms with van der Waals surface area (Å²) in [6.07, 6.45) is 0.941. The van der Waals surface area contributed by atoms with E-state index in [2.05, 4.69) is 42.1 Å². The van der Waals surface area contributed by atoms with Crippen LogP contribution < -0.4 is 16.1 Å². The Kier molecular flexibility index (Phi) is 5.68. The van der Waals surface area contributed by atoms with Gasteiger partial charge in [0.15, 0.2) is 16.3 Å². The van der Waals surface area contributed by atoms with Gasteiger partial charge < -0.3 is 14.4 Å². The monoisotopic (exact) mass is 482 g/mol. The Morgan fingerprint density at radius 2 is 1.94 bits per heavy atom. The molecule has 2 atom stereocenters. The highest BCUT2D eigenvalue weighted by Crippen LogP contribution is 2.45. The number of aryl methyl sites for hydroxylation is 3.